The van der Waals surface area contributed by atoms with E-state index >= 15 is 0 Å². The van der Waals surface area contributed by atoms with Gasteiger partial charge in [0.05, 0.1) is 16.7 Å². The highest BCUT2D eigenvalue weighted by Crippen LogP contribution is 2.35. The minimum atomic E-state index is -4.51. The lowest BCUT2D eigenvalue weighted by Crippen LogP contribution is -2.17. The van der Waals surface area contributed by atoms with E-state index < -0.39 is 17.8 Å². The number of alkyl halides is 3. The molecule has 90 valence electrons. The zero-order chi connectivity index (χ0) is 12.3. The van der Waals surface area contributed by atoms with Crippen LogP contribution in [0.4, 0.5) is 13.2 Å². The Labute approximate surface area is 96.0 Å². The van der Waals surface area contributed by atoms with Gasteiger partial charge in [-0.3, -0.25) is 0 Å². The molecule has 0 heterocycles. The lowest BCUT2D eigenvalue weighted by molar-refractivity contribution is -0.137. The number of halogens is 4. The number of benzene rings is 1. The molecule has 1 aromatic carbocycles. The van der Waals surface area contributed by atoms with Crippen LogP contribution in [0.2, 0.25) is 5.02 Å². The fourth-order valence-electron chi connectivity index (χ4n) is 1.28. The summed E-state index contributed by atoms with van der Waals surface area (Å²) in [5.74, 6) is 0. The van der Waals surface area contributed by atoms with Crippen LogP contribution in [0.1, 0.15) is 17.2 Å². The third-order valence-electron chi connectivity index (χ3n) is 2.08. The first-order chi connectivity index (χ1) is 7.36. The van der Waals surface area contributed by atoms with Crippen molar-refractivity contribution in [2.24, 2.45) is 0 Å². The number of aliphatic hydroxyl groups is 1. The van der Waals surface area contributed by atoms with Crippen LogP contribution in [-0.4, -0.2) is 18.7 Å². The van der Waals surface area contributed by atoms with Crippen molar-refractivity contribution in [3.05, 3.63) is 34.3 Å². The number of nitrogens with one attached hydrogen (secondary N) is 1. The Kier molecular flexibility index (Phi) is 4.18. The average molecular weight is 254 g/mol. The number of rotatable bonds is 3. The summed E-state index contributed by atoms with van der Waals surface area (Å²) < 4.78 is 37.5. The summed E-state index contributed by atoms with van der Waals surface area (Å²) >= 11 is 5.45. The first-order valence-corrected chi connectivity index (χ1v) is 4.93. The molecule has 1 unspecified atom stereocenters. The van der Waals surface area contributed by atoms with Gasteiger partial charge in [-0.25, -0.2) is 0 Å². The minimum absolute atomic E-state index is 0.179. The number of hydrogen-bond acceptors (Lipinski definition) is 2. The molecule has 0 saturated carbocycles. The van der Waals surface area contributed by atoms with Gasteiger partial charge in [0.2, 0.25) is 0 Å². The van der Waals surface area contributed by atoms with Crippen LogP contribution in [0.15, 0.2) is 18.2 Å². The maximum atomic E-state index is 12.5. The molecule has 1 aromatic rings. The monoisotopic (exact) mass is 253 g/mol. The van der Waals surface area contributed by atoms with Crippen molar-refractivity contribution in [3.8, 4) is 0 Å². The van der Waals surface area contributed by atoms with Crippen LogP contribution in [0.5, 0.6) is 0 Å². The molecule has 0 spiro atoms. The summed E-state index contributed by atoms with van der Waals surface area (Å²) in [6.07, 6.45) is -5.49. The van der Waals surface area contributed by atoms with Crippen LogP contribution in [0.3, 0.4) is 0 Å². The van der Waals surface area contributed by atoms with Gasteiger partial charge in [0.1, 0.15) is 0 Å². The summed E-state index contributed by atoms with van der Waals surface area (Å²) in [6, 6.07) is 3.38. The van der Waals surface area contributed by atoms with E-state index in [1.165, 1.54) is 6.07 Å². The van der Waals surface area contributed by atoms with Crippen molar-refractivity contribution in [2.45, 2.75) is 12.3 Å². The van der Waals surface area contributed by atoms with Crippen molar-refractivity contribution in [3.63, 3.8) is 0 Å². The van der Waals surface area contributed by atoms with Crippen LogP contribution < -0.4 is 5.32 Å². The molecule has 0 aliphatic carbocycles. The molecule has 1 rings (SSSR count). The first-order valence-electron chi connectivity index (χ1n) is 4.55. The SMILES string of the molecule is CNCC(O)c1ccc(Cl)c(C(F)(F)F)c1. The Balaban J connectivity index is 3.07. The average Bonchev–Trinajstić information content (AvgIpc) is 2.16. The van der Waals surface area contributed by atoms with Gasteiger partial charge in [0.25, 0.3) is 0 Å². The van der Waals surface area contributed by atoms with Gasteiger partial charge in [-0.15, -0.1) is 0 Å². The quantitative estimate of drug-likeness (QED) is 0.868. The van der Waals surface area contributed by atoms with E-state index in [9.17, 15) is 18.3 Å². The van der Waals surface area contributed by atoms with Gasteiger partial charge >= 0.3 is 6.18 Å². The molecular formula is C10H11ClF3NO. The van der Waals surface area contributed by atoms with Crippen molar-refractivity contribution in [1.29, 1.82) is 0 Å². The van der Waals surface area contributed by atoms with Gasteiger partial charge in [0, 0.05) is 6.54 Å². The van der Waals surface area contributed by atoms with Crippen molar-refractivity contribution >= 4 is 11.6 Å². The van der Waals surface area contributed by atoms with Crippen molar-refractivity contribution in [2.75, 3.05) is 13.6 Å². The zero-order valence-electron chi connectivity index (χ0n) is 8.48. The number of aliphatic hydroxyl groups excluding tert-OH is 1. The highest BCUT2D eigenvalue weighted by Gasteiger charge is 2.33. The molecule has 16 heavy (non-hydrogen) atoms. The molecule has 0 amide bonds. The zero-order valence-corrected chi connectivity index (χ0v) is 9.23. The molecule has 0 fully saturated rings. The van der Waals surface area contributed by atoms with Gasteiger partial charge < -0.3 is 10.4 Å². The molecule has 2 nitrogen and oxygen atoms in total. The summed E-state index contributed by atoms with van der Waals surface area (Å²) in [7, 11) is 1.60. The largest absolute Gasteiger partial charge is 0.417 e. The normalized spacial score (nSPS) is 13.9. The second-order valence-electron chi connectivity index (χ2n) is 3.31. The highest BCUT2D eigenvalue weighted by atomic mass is 35.5. The molecule has 0 radical (unpaired) electrons. The van der Waals surface area contributed by atoms with E-state index in [-0.39, 0.29) is 17.1 Å². The van der Waals surface area contributed by atoms with Crippen molar-refractivity contribution in [1.82, 2.24) is 5.32 Å². The molecular weight excluding hydrogens is 243 g/mol. The summed E-state index contributed by atoms with van der Waals surface area (Å²) in [5.41, 5.74) is -0.743. The highest BCUT2D eigenvalue weighted by molar-refractivity contribution is 6.31. The number of hydrogen-bond donors (Lipinski definition) is 2. The van der Waals surface area contributed by atoms with Crippen molar-refractivity contribution < 1.29 is 18.3 Å². The molecule has 0 aliphatic heterocycles. The van der Waals surface area contributed by atoms with E-state index in [2.05, 4.69) is 5.32 Å². The summed E-state index contributed by atoms with van der Waals surface area (Å²) in [5, 5.41) is 11.8. The van der Waals surface area contributed by atoms with E-state index in [4.69, 9.17) is 11.6 Å². The Morgan fingerprint density at radius 1 is 1.44 bits per heavy atom. The predicted octanol–water partition coefficient (Wildman–Crippen LogP) is 2.61. The Morgan fingerprint density at radius 2 is 2.06 bits per heavy atom. The van der Waals surface area contributed by atoms with E-state index in [0.717, 1.165) is 12.1 Å². The van der Waals surface area contributed by atoms with Gasteiger partial charge in [-0.2, -0.15) is 13.2 Å². The second-order valence-corrected chi connectivity index (χ2v) is 3.72. The maximum absolute atomic E-state index is 12.5. The molecule has 0 bridgehead atoms. The molecule has 0 aliphatic rings. The third kappa shape index (κ3) is 3.10. The summed E-state index contributed by atoms with van der Waals surface area (Å²) in [4.78, 5) is 0. The fraction of sp³-hybridized carbons (Fsp3) is 0.400. The lowest BCUT2D eigenvalue weighted by Gasteiger charge is -2.14. The third-order valence-corrected chi connectivity index (χ3v) is 2.41. The molecule has 0 aromatic heterocycles. The van der Waals surface area contributed by atoms with Gasteiger partial charge in [-0.1, -0.05) is 17.7 Å². The van der Waals surface area contributed by atoms with Crippen LogP contribution in [-0.2, 0) is 6.18 Å². The maximum Gasteiger partial charge on any atom is 0.417 e. The Hall–Kier alpha value is -0.780. The number of likely N-dealkylation sites (N-methyl/N-ethyl adjacent to an activating group) is 1. The Bertz CT molecular complexity index is 368. The second kappa shape index (κ2) is 5.03. The molecule has 1 atom stereocenters. The van der Waals surface area contributed by atoms with Crippen LogP contribution in [0, 0.1) is 0 Å². The standard InChI is InChI=1S/C10H11ClF3NO/c1-15-5-9(16)6-2-3-8(11)7(4-6)10(12,13)14/h2-4,9,15-16H,5H2,1H3. The van der Waals surface area contributed by atoms with E-state index in [1.54, 1.807) is 7.05 Å². The fourth-order valence-corrected chi connectivity index (χ4v) is 1.50. The summed E-state index contributed by atoms with van der Waals surface area (Å²) in [6.45, 7) is 0.179. The molecule has 0 saturated heterocycles. The smallest absolute Gasteiger partial charge is 0.387 e. The Morgan fingerprint density at radius 3 is 2.56 bits per heavy atom. The van der Waals surface area contributed by atoms with Crippen LogP contribution >= 0.6 is 11.6 Å². The van der Waals surface area contributed by atoms with Gasteiger partial charge in [-0.05, 0) is 24.7 Å². The molecule has 2 N–H and O–H groups in total. The van der Waals surface area contributed by atoms with E-state index in [0.29, 0.717) is 0 Å². The van der Waals surface area contributed by atoms with Gasteiger partial charge in [0.15, 0.2) is 0 Å². The molecule has 6 heteroatoms. The topological polar surface area (TPSA) is 32.3 Å². The van der Waals surface area contributed by atoms with E-state index in [1.807, 2.05) is 0 Å². The van der Waals surface area contributed by atoms with Crippen LogP contribution in [0.25, 0.3) is 0 Å². The lowest BCUT2D eigenvalue weighted by atomic mass is 10.1. The predicted molar refractivity (Wildman–Crippen MR) is 55.3 cm³/mol. The minimum Gasteiger partial charge on any atom is -0.387 e. The first kappa shape index (κ1) is 13.3.